The summed E-state index contributed by atoms with van der Waals surface area (Å²) in [4.78, 5) is 42.1. The van der Waals surface area contributed by atoms with Gasteiger partial charge in [0.05, 0.1) is 6.04 Å². The van der Waals surface area contributed by atoms with E-state index in [4.69, 9.17) is 0 Å². The van der Waals surface area contributed by atoms with Gasteiger partial charge in [0.25, 0.3) is 0 Å². The first-order valence-electron chi connectivity index (χ1n) is 11.1. The Kier molecular flexibility index (Phi) is 10.5. The standard InChI is InChI=1S/C22H41N3O3/c1-7-9-13-23-22(28)25-14-10-12-18(25)21(27)24(6)19(15-16(3)4)20(26)17(5)11-8-2/h16-19H,7-15H2,1-6H3,(H,23,28)/t17?,18-,19+/m0/s1. The summed E-state index contributed by atoms with van der Waals surface area (Å²) in [6.07, 6.45) is 5.87. The van der Waals surface area contributed by atoms with Crippen LogP contribution in [-0.2, 0) is 9.59 Å². The zero-order valence-corrected chi connectivity index (χ0v) is 18.8. The highest BCUT2D eigenvalue weighted by molar-refractivity contribution is 5.93. The lowest BCUT2D eigenvalue weighted by molar-refractivity contribution is -0.142. The molecule has 6 heteroatoms. The molecular formula is C22H41N3O3. The summed E-state index contributed by atoms with van der Waals surface area (Å²) in [5.74, 6) is 0.297. The molecule has 1 aliphatic heterocycles. The van der Waals surface area contributed by atoms with Crippen molar-refractivity contribution in [3.8, 4) is 0 Å². The number of Topliss-reactive ketones (excluding diaryl/α,β-unsaturated/α-hetero) is 1. The smallest absolute Gasteiger partial charge is 0.318 e. The largest absolute Gasteiger partial charge is 0.338 e. The van der Waals surface area contributed by atoms with Gasteiger partial charge in [0.1, 0.15) is 6.04 Å². The maximum Gasteiger partial charge on any atom is 0.318 e. The number of nitrogens with zero attached hydrogens (tertiary/aromatic N) is 2. The van der Waals surface area contributed by atoms with Crippen LogP contribution in [0.5, 0.6) is 0 Å². The molecule has 3 amide bonds. The minimum Gasteiger partial charge on any atom is -0.338 e. The molecule has 0 radical (unpaired) electrons. The number of amides is 3. The number of carbonyl (C=O) groups is 3. The fraction of sp³-hybridized carbons (Fsp3) is 0.864. The van der Waals surface area contributed by atoms with Crippen LogP contribution in [0.2, 0.25) is 0 Å². The van der Waals surface area contributed by atoms with Gasteiger partial charge < -0.3 is 15.1 Å². The molecule has 1 fully saturated rings. The molecule has 1 heterocycles. The second-order valence-electron chi connectivity index (χ2n) is 8.62. The van der Waals surface area contributed by atoms with Gasteiger partial charge in [-0.05, 0) is 38.0 Å². The van der Waals surface area contributed by atoms with Gasteiger partial charge in [-0.25, -0.2) is 4.79 Å². The average Bonchev–Trinajstić information content (AvgIpc) is 3.14. The molecule has 0 bridgehead atoms. The van der Waals surface area contributed by atoms with Gasteiger partial charge in [0, 0.05) is 26.1 Å². The quantitative estimate of drug-likeness (QED) is 0.540. The topological polar surface area (TPSA) is 69.7 Å². The Hall–Kier alpha value is -1.59. The number of likely N-dealkylation sites (N-methyl/N-ethyl adjacent to an activating group) is 1. The van der Waals surface area contributed by atoms with Crippen LogP contribution in [0.15, 0.2) is 0 Å². The highest BCUT2D eigenvalue weighted by Gasteiger charge is 2.39. The maximum absolute atomic E-state index is 13.3. The third kappa shape index (κ3) is 6.78. The monoisotopic (exact) mass is 395 g/mol. The zero-order valence-electron chi connectivity index (χ0n) is 18.8. The summed E-state index contributed by atoms with van der Waals surface area (Å²) in [6, 6.07) is -1.04. The molecule has 6 nitrogen and oxygen atoms in total. The molecule has 0 saturated carbocycles. The SMILES string of the molecule is CCCCNC(=O)N1CCC[C@H]1C(=O)N(C)[C@H](CC(C)C)C(=O)C(C)CCC. The second-order valence-corrected chi connectivity index (χ2v) is 8.62. The normalized spacial score (nSPS) is 18.8. The van der Waals surface area contributed by atoms with Crippen LogP contribution in [0.3, 0.4) is 0 Å². The summed E-state index contributed by atoms with van der Waals surface area (Å²) < 4.78 is 0. The van der Waals surface area contributed by atoms with E-state index in [1.54, 1.807) is 16.8 Å². The van der Waals surface area contributed by atoms with E-state index in [2.05, 4.69) is 33.0 Å². The number of nitrogens with one attached hydrogen (secondary N) is 1. The fourth-order valence-electron chi connectivity index (χ4n) is 3.94. The number of carbonyl (C=O) groups excluding carboxylic acids is 3. The van der Waals surface area contributed by atoms with E-state index in [9.17, 15) is 14.4 Å². The number of hydrogen-bond donors (Lipinski definition) is 1. The lowest BCUT2D eigenvalue weighted by atomic mass is 9.89. The van der Waals surface area contributed by atoms with Gasteiger partial charge in [0.2, 0.25) is 5.91 Å². The molecule has 1 saturated heterocycles. The van der Waals surface area contributed by atoms with Gasteiger partial charge in [0.15, 0.2) is 5.78 Å². The van der Waals surface area contributed by atoms with Crippen molar-refractivity contribution in [3.63, 3.8) is 0 Å². The van der Waals surface area contributed by atoms with Crippen LogP contribution in [0.4, 0.5) is 4.79 Å². The summed E-state index contributed by atoms with van der Waals surface area (Å²) in [6.45, 7) is 11.5. The van der Waals surface area contributed by atoms with Crippen molar-refractivity contribution in [2.75, 3.05) is 20.1 Å². The molecule has 28 heavy (non-hydrogen) atoms. The Morgan fingerprint density at radius 3 is 2.39 bits per heavy atom. The van der Waals surface area contributed by atoms with Crippen LogP contribution in [0.1, 0.15) is 79.6 Å². The molecule has 0 aliphatic carbocycles. The molecule has 0 aromatic rings. The van der Waals surface area contributed by atoms with Crippen LogP contribution in [-0.4, -0.2) is 59.7 Å². The minimum atomic E-state index is -0.462. The number of hydrogen-bond acceptors (Lipinski definition) is 3. The van der Waals surface area contributed by atoms with Gasteiger partial charge in [-0.3, -0.25) is 9.59 Å². The lowest BCUT2D eigenvalue weighted by Crippen LogP contribution is -2.54. The summed E-state index contributed by atoms with van der Waals surface area (Å²) in [5.41, 5.74) is 0. The highest BCUT2D eigenvalue weighted by Crippen LogP contribution is 2.23. The van der Waals surface area contributed by atoms with Crippen molar-refractivity contribution in [1.82, 2.24) is 15.1 Å². The van der Waals surface area contributed by atoms with E-state index < -0.39 is 12.1 Å². The number of likely N-dealkylation sites (tertiary alicyclic amines) is 1. The van der Waals surface area contributed by atoms with E-state index in [1.165, 1.54) is 0 Å². The molecule has 0 spiro atoms. The number of ketones is 1. The molecule has 1 unspecified atom stereocenters. The van der Waals surface area contributed by atoms with Crippen LogP contribution < -0.4 is 5.32 Å². The Morgan fingerprint density at radius 1 is 1.14 bits per heavy atom. The first-order chi connectivity index (χ1) is 13.2. The maximum atomic E-state index is 13.3. The van der Waals surface area contributed by atoms with E-state index in [-0.39, 0.29) is 23.6 Å². The number of rotatable bonds is 11. The van der Waals surface area contributed by atoms with Crippen molar-refractivity contribution in [2.45, 2.75) is 91.6 Å². The Balaban J connectivity index is 2.89. The third-order valence-corrected chi connectivity index (χ3v) is 5.65. The van der Waals surface area contributed by atoms with Crippen molar-refractivity contribution in [3.05, 3.63) is 0 Å². The molecule has 0 aromatic heterocycles. The third-order valence-electron chi connectivity index (χ3n) is 5.65. The summed E-state index contributed by atoms with van der Waals surface area (Å²) in [5, 5.41) is 2.92. The average molecular weight is 396 g/mol. The van der Waals surface area contributed by atoms with Gasteiger partial charge >= 0.3 is 6.03 Å². The fourth-order valence-corrected chi connectivity index (χ4v) is 3.94. The van der Waals surface area contributed by atoms with Gasteiger partial charge in [-0.2, -0.15) is 0 Å². The number of urea groups is 1. The molecule has 1 rings (SSSR count). The predicted molar refractivity (Wildman–Crippen MR) is 113 cm³/mol. The summed E-state index contributed by atoms with van der Waals surface area (Å²) in [7, 11) is 1.73. The molecule has 162 valence electrons. The molecule has 0 aromatic carbocycles. The Bertz CT molecular complexity index is 521. The first-order valence-corrected chi connectivity index (χ1v) is 11.1. The predicted octanol–water partition coefficient (Wildman–Crippen LogP) is 3.84. The van der Waals surface area contributed by atoms with Crippen molar-refractivity contribution in [2.24, 2.45) is 11.8 Å². The van der Waals surface area contributed by atoms with Crippen LogP contribution in [0, 0.1) is 11.8 Å². The van der Waals surface area contributed by atoms with Crippen molar-refractivity contribution >= 4 is 17.7 Å². The Labute approximate surface area is 171 Å². The van der Waals surface area contributed by atoms with Crippen molar-refractivity contribution in [1.29, 1.82) is 0 Å². The minimum absolute atomic E-state index is 0.0546. The Morgan fingerprint density at radius 2 is 1.82 bits per heavy atom. The van der Waals surface area contributed by atoms with E-state index in [1.807, 2.05) is 6.92 Å². The summed E-state index contributed by atoms with van der Waals surface area (Å²) >= 11 is 0. The van der Waals surface area contributed by atoms with E-state index >= 15 is 0 Å². The molecular weight excluding hydrogens is 354 g/mol. The first kappa shape index (κ1) is 24.4. The molecule has 1 aliphatic rings. The van der Waals surface area contributed by atoms with Crippen LogP contribution >= 0.6 is 0 Å². The zero-order chi connectivity index (χ0) is 21.3. The second kappa shape index (κ2) is 12.1. The van der Waals surface area contributed by atoms with Gasteiger partial charge in [-0.15, -0.1) is 0 Å². The number of unbranched alkanes of at least 4 members (excludes halogenated alkanes) is 1. The van der Waals surface area contributed by atoms with Crippen molar-refractivity contribution < 1.29 is 14.4 Å². The van der Waals surface area contributed by atoms with E-state index in [0.717, 1.165) is 32.1 Å². The molecule has 3 atom stereocenters. The lowest BCUT2D eigenvalue weighted by Gasteiger charge is -2.34. The van der Waals surface area contributed by atoms with Gasteiger partial charge in [-0.1, -0.05) is 47.5 Å². The van der Waals surface area contributed by atoms with Crippen LogP contribution in [0.25, 0.3) is 0 Å². The van der Waals surface area contributed by atoms with E-state index in [0.29, 0.717) is 31.8 Å². The molecule has 1 N–H and O–H groups in total. The highest BCUT2D eigenvalue weighted by atomic mass is 16.2.